The monoisotopic (exact) mass is 170 g/mol. The molecule has 1 aromatic rings. The molecule has 0 saturated heterocycles. The number of carbonyl (C=O) groups excluding carboxylic acids is 1. The molecule has 0 aliphatic rings. The van der Waals surface area contributed by atoms with Gasteiger partial charge in [-0.25, -0.2) is 9.78 Å². The third kappa shape index (κ3) is 1.91. The maximum absolute atomic E-state index is 10.8. The first-order valence-electron chi connectivity index (χ1n) is 2.83. The molecule has 1 rings (SSSR count). The fourth-order valence-electron chi connectivity index (χ4n) is 0.559. The van der Waals surface area contributed by atoms with E-state index in [0.29, 0.717) is 5.03 Å². The summed E-state index contributed by atoms with van der Waals surface area (Å²) in [5.74, 6) is -0.506. The number of ether oxygens (including phenoxy) is 1. The average molecular weight is 170 g/mol. The molecule has 0 spiro atoms. The molecule has 0 saturated carbocycles. The summed E-state index contributed by atoms with van der Waals surface area (Å²) >= 11 is 3.91. The molecule has 1 heterocycles. The molecule has 11 heavy (non-hydrogen) atoms. The van der Waals surface area contributed by atoms with Crippen LogP contribution >= 0.6 is 12.6 Å². The third-order valence-electron chi connectivity index (χ3n) is 1.02. The SMILES string of the molecule is COC(=O)c1cncc(S)n1. The summed E-state index contributed by atoms with van der Waals surface area (Å²) in [5, 5.41) is 0.396. The second kappa shape index (κ2) is 3.34. The molecule has 0 amide bonds. The van der Waals surface area contributed by atoms with Crippen LogP contribution in [0.4, 0.5) is 0 Å². The summed E-state index contributed by atoms with van der Waals surface area (Å²) < 4.78 is 4.42. The minimum atomic E-state index is -0.506. The third-order valence-corrected chi connectivity index (χ3v) is 1.23. The van der Waals surface area contributed by atoms with Crippen molar-refractivity contribution in [2.75, 3.05) is 7.11 Å². The largest absolute Gasteiger partial charge is 0.464 e. The molecule has 5 heteroatoms. The normalized spacial score (nSPS) is 9.27. The molecular weight excluding hydrogens is 164 g/mol. The van der Waals surface area contributed by atoms with E-state index in [2.05, 4.69) is 27.3 Å². The standard InChI is InChI=1S/C6H6N2O2S/c1-10-6(9)4-2-7-3-5(11)8-4/h2-3H,1H3,(H,8,11). The smallest absolute Gasteiger partial charge is 0.358 e. The number of nitrogens with zero attached hydrogens (tertiary/aromatic N) is 2. The van der Waals surface area contributed by atoms with Gasteiger partial charge in [0.05, 0.1) is 19.5 Å². The van der Waals surface area contributed by atoms with Crippen molar-refractivity contribution in [2.45, 2.75) is 5.03 Å². The van der Waals surface area contributed by atoms with E-state index in [1.807, 2.05) is 0 Å². The van der Waals surface area contributed by atoms with Gasteiger partial charge in [-0.2, -0.15) is 0 Å². The van der Waals surface area contributed by atoms with Crippen molar-refractivity contribution < 1.29 is 9.53 Å². The van der Waals surface area contributed by atoms with Crippen LogP contribution in [-0.2, 0) is 4.74 Å². The van der Waals surface area contributed by atoms with Crippen LogP contribution in [0.15, 0.2) is 17.4 Å². The molecular formula is C6H6N2O2S. The second-order valence-corrected chi connectivity index (χ2v) is 2.21. The molecule has 0 fully saturated rings. The molecule has 0 aliphatic carbocycles. The van der Waals surface area contributed by atoms with Crippen LogP contribution in [0.1, 0.15) is 10.5 Å². The first-order valence-corrected chi connectivity index (χ1v) is 3.28. The lowest BCUT2D eigenvalue weighted by Gasteiger charge is -1.96. The van der Waals surface area contributed by atoms with Crippen LogP contribution in [0.2, 0.25) is 0 Å². The van der Waals surface area contributed by atoms with Gasteiger partial charge < -0.3 is 4.74 Å². The highest BCUT2D eigenvalue weighted by Gasteiger charge is 2.06. The van der Waals surface area contributed by atoms with Gasteiger partial charge in [-0.05, 0) is 0 Å². The predicted molar refractivity (Wildman–Crippen MR) is 40.6 cm³/mol. The highest BCUT2D eigenvalue weighted by molar-refractivity contribution is 7.80. The molecule has 0 bridgehead atoms. The number of thiol groups is 1. The van der Waals surface area contributed by atoms with Crippen LogP contribution in [-0.4, -0.2) is 23.0 Å². The van der Waals surface area contributed by atoms with Crippen molar-refractivity contribution in [2.24, 2.45) is 0 Å². The van der Waals surface area contributed by atoms with Gasteiger partial charge in [0.25, 0.3) is 0 Å². The van der Waals surface area contributed by atoms with Crippen LogP contribution in [0.5, 0.6) is 0 Å². The minimum Gasteiger partial charge on any atom is -0.464 e. The van der Waals surface area contributed by atoms with Crippen molar-refractivity contribution in [1.29, 1.82) is 0 Å². The summed E-state index contributed by atoms with van der Waals surface area (Å²) in [5.41, 5.74) is 0.167. The van der Waals surface area contributed by atoms with E-state index in [0.717, 1.165) is 0 Å². The number of carbonyl (C=O) groups is 1. The Morgan fingerprint density at radius 3 is 2.91 bits per heavy atom. The van der Waals surface area contributed by atoms with E-state index in [1.54, 1.807) is 0 Å². The molecule has 0 unspecified atom stereocenters. The summed E-state index contributed by atoms with van der Waals surface area (Å²) in [6, 6.07) is 0. The topological polar surface area (TPSA) is 52.1 Å². The van der Waals surface area contributed by atoms with E-state index in [1.165, 1.54) is 19.5 Å². The van der Waals surface area contributed by atoms with Crippen molar-refractivity contribution in [3.05, 3.63) is 18.1 Å². The van der Waals surface area contributed by atoms with Crippen molar-refractivity contribution in [3.63, 3.8) is 0 Å². The van der Waals surface area contributed by atoms with E-state index >= 15 is 0 Å². The van der Waals surface area contributed by atoms with Crippen LogP contribution in [0, 0.1) is 0 Å². The number of hydrogen-bond acceptors (Lipinski definition) is 5. The molecule has 1 aromatic heterocycles. The van der Waals surface area contributed by atoms with Crippen LogP contribution < -0.4 is 0 Å². The summed E-state index contributed by atoms with van der Waals surface area (Å²) in [4.78, 5) is 18.3. The number of methoxy groups -OCH3 is 1. The van der Waals surface area contributed by atoms with Gasteiger partial charge in [0.15, 0.2) is 5.69 Å². The maximum Gasteiger partial charge on any atom is 0.358 e. The van der Waals surface area contributed by atoms with Crippen LogP contribution in [0.3, 0.4) is 0 Å². The van der Waals surface area contributed by atoms with Crippen molar-refractivity contribution in [1.82, 2.24) is 9.97 Å². The zero-order valence-electron chi connectivity index (χ0n) is 5.81. The quantitative estimate of drug-likeness (QED) is 0.494. The molecule has 0 radical (unpaired) electrons. The Balaban J connectivity index is 2.96. The van der Waals surface area contributed by atoms with Gasteiger partial charge in [0.1, 0.15) is 5.03 Å². The first kappa shape index (κ1) is 8.00. The van der Waals surface area contributed by atoms with Gasteiger partial charge in [-0.15, -0.1) is 12.6 Å². The Bertz CT molecular complexity index is 277. The molecule has 0 aromatic carbocycles. The van der Waals surface area contributed by atoms with E-state index in [9.17, 15) is 4.79 Å². The first-order chi connectivity index (χ1) is 5.24. The fraction of sp³-hybridized carbons (Fsp3) is 0.167. The Kier molecular flexibility index (Phi) is 2.43. The van der Waals surface area contributed by atoms with Gasteiger partial charge >= 0.3 is 5.97 Å². The van der Waals surface area contributed by atoms with E-state index in [-0.39, 0.29) is 5.69 Å². The summed E-state index contributed by atoms with van der Waals surface area (Å²) in [6.07, 6.45) is 2.76. The van der Waals surface area contributed by atoms with Gasteiger partial charge in [0.2, 0.25) is 0 Å². The lowest BCUT2D eigenvalue weighted by atomic mass is 10.5. The lowest BCUT2D eigenvalue weighted by Crippen LogP contribution is -2.04. The molecule has 0 N–H and O–H groups in total. The Hall–Kier alpha value is -1.10. The Labute approximate surface area is 69.0 Å². The zero-order valence-corrected chi connectivity index (χ0v) is 6.71. The van der Waals surface area contributed by atoms with E-state index in [4.69, 9.17) is 0 Å². The minimum absolute atomic E-state index is 0.167. The van der Waals surface area contributed by atoms with Gasteiger partial charge in [-0.3, -0.25) is 4.98 Å². The Morgan fingerprint density at radius 1 is 1.64 bits per heavy atom. The van der Waals surface area contributed by atoms with Crippen LogP contribution in [0.25, 0.3) is 0 Å². The van der Waals surface area contributed by atoms with Crippen molar-refractivity contribution >= 4 is 18.6 Å². The van der Waals surface area contributed by atoms with Gasteiger partial charge in [0, 0.05) is 0 Å². The molecule has 0 atom stereocenters. The average Bonchev–Trinajstić information content (AvgIpc) is 2.03. The molecule has 58 valence electrons. The van der Waals surface area contributed by atoms with E-state index < -0.39 is 5.97 Å². The molecule has 0 aliphatic heterocycles. The number of rotatable bonds is 1. The Morgan fingerprint density at radius 2 is 2.36 bits per heavy atom. The highest BCUT2D eigenvalue weighted by atomic mass is 32.1. The number of aromatic nitrogens is 2. The second-order valence-electron chi connectivity index (χ2n) is 1.75. The lowest BCUT2D eigenvalue weighted by molar-refractivity contribution is 0.0592. The predicted octanol–water partition coefficient (Wildman–Crippen LogP) is 0.552. The number of esters is 1. The van der Waals surface area contributed by atoms with Gasteiger partial charge in [-0.1, -0.05) is 0 Å². The summed E-state index contributed by atoms with van der Waals surface area (Å²) in [7, 11) is 1.29. The molecule has 4 nitrogen and oxygen atoms in total. The zero-order chi connectivity index (χ0) is 8.27. The highest BCUT2D eigenvalue weighted by Crippen LogP contribution is 2.00. The van der Waals surface area contributed by atoms with Crippen molar-refractivity contribution in [3.8, 4) is 0 Å². The number of hydrogen-bond donors (Lipinski definition) is 1. The maximum atomic E-state index is 10.8. The summed E-state index contributed by atoms with van der Waals surface area (Å²) in [6.45, 7) is 0. The fourth-order valence-corrected chi connectivity index (χ4v) is 0.733.